The number of hydrogen-bond acceptors (Lipinski definition) is 5. The van der Waals surface area contributed by atoms with Crippen molar-refractivity contribution in [2.24, 2.45) is 0 Å². The Bertz CT molecular complexity index is 1010. The summed E-state index contributed by atoms with van der Waals surface area (Å²) >= 11 is 5.84. The molecule has 140 valence electrons. The fraction of sp³-hybridized carbons (Fsp3) is 0.300. The van der Waals surface area contributed by atoms with Gasteiger partial charge in [-0.25, -0.2) is 14.5 Å². The molecule has 0 bridgehead atoms. The monoisotopic (exact) mass is 385 g/mol. The van der Waals surface area contributed by atoms with Crippen molar-refractivity contribution >= 4 is 34.4 Å². The third kappa shape index (κ3) is 3.85. The average Bonchev–Trinajstić information content (AvgIpc) is 3.04. The summed E-state index contributed by atoms with van der Waals surface area (Å²) in [6.45, 7) is 7.33. The van der Waals surface area contributed by atoms with Crippen molar-refractivity contribution in [2.75, 3.05) is 0 Å². The molecule has 0 spiro atoms. The molecule has 0 amide bonds. The maximum atomic E-state index is 12.7. The molecular formula is C20H20ClN3O3. The van der Waals surface area contributed by atoms with E-state index < -0.39 is 12.1 Å². The first kappa shape index (κ1) is 19.0. The van der Waals surface area contributed by atoms with Gasteiger partial charge in [0.2, 0.25) is 5.78 Å². The number of ether oxygens (including phenoxy) is 1. The highest BCUT2D eigenvalue weighted by Crippen LogP contribution is 2.22. The number of carbonyl (C=O) groups is 2. The lowest BCUT2D eigenvalue weighted by atomic mass is 10.1. The standard InChI is InChI=1S/C20H20ClN3O3/c1-11(2)24-19-17(10-22-24)16(9-12(3)23-19)20(26)27-13(4)18(25)14-5-7-15(21)8-6-14/h5-11,13H,1-4H3. The number of halogens is 1. The van der Waals surface area contributed by atoms with Crippen LogP contribution in [0.5, 0.6) is 0 Å². The van der Waals surface area contributed by atoms with E-state index in [4.69, 9.17) is 16.3 Å². The van der Waals surface area contributed by atoms with Crippen molar-refractivity contribution in [1.29, 1.82) is 0 Å². The number of carbonyl (C=O) groups excluding carboxylic acids is 2. The second-order valence-electron chi connectivity index (χ2n) is 6.65. The minimum atomic E-state index is -0.928. The van der Waals surface area contributed by atoms with E-state index in [1.165, 1.54) is 0 Å². The fourth-order valence-corrected chi connectivity index (χ4v) is 2.94. The van der Waals surface area contributed by atoms with Crippen molar-refractivity contribution in [3.8, 4) is 0 Å². The predicted octanol–water partition coefficient (Wildman–Crippen LogP) is 4.40. The van der Waals surface area contributed by atoms with Crippen LogP contribution in [0.25, 0.3) is 11.0 Å². The van der Waals surface area contributed by atoms with E-state index in [9.17, 15) is 9.59 Å². The first-order valence-corrected chi connectivity index (χ1v) is 9.01. The van der Waals surface area contributed by atoms with Crippen LogP contribution in [0.4, 0.5) is 0 Å². The number of esters is 1. The zero-order valence-corrected chi connectivity index (χ0v) is 16.3. The Morgan fingerprint density at radius 3 is 2.44 bits per heavy atom. The number of benzene rings is 1. The molecule has 1 atom stereocenters. The van der Waals surface area contributed by atoms with Gasteiger partial charge >= 0.3 is 5.97 Å². The van der Waals surface area contributed by atoms with Crippen LogP contribution >= 0.6 is 11.6 Å². The molecule has 1 aromatic carbocycles. The molecule has 6 nitrogen and oxygen atoms in total. The molecule has 3 rings (SSSR count). The van der Waals surface area contributed by atoms with Gasteiger partial charge in [0.15, 0.2) is 11.8 Å². The summed E-state index contributed by atoms with van der Waals surface area (Å²) in [5.41, 5.74) is 2.07. The second-order valence-corrected chi connectivity index (χ2v) is 7.09. The average molecular weight is 386 g/mol. The first-order chi connectivity index (χ1) is 12.8. The molecule has 0 radical (unpaired) electrons. The van der Waals surface area contributed by atoms with Gasteiger partial charge in [-0.3, -0.25) is 4.79 Å². The number of ketones is 1. The largest absolute Gasteiger partial charge is 0.451 e. The van der Waals surface area contributed by atoms with Crippen molar-refractivity contribution < 1.29 is 14.3 Å². The fourth-order valence-electron chi connectivity index (χ4n) is 2.82. The molecule has 2 heterocycles. The van der Waals surface area contributed by atoms with Crippen molar-refractivity contribution in [3.05, 3.63) is 58.4 Å². The molecule has 0 N–H and O–H groups in total. The molecule has 0 saturated carbocycles. The van der Waals surface area contributed by atoms with Crippen LogP contribution in [0.3, 0.4) is 0 Å². The van der Waals surface area contributed by atoms with Crippen LogP contribution < -0.4 is 0 Å². The van der Waals surface area contributed by atoms with Crippen molar-refractivity contribution in [3.63, 3.8) is 0 Å². The molecule has 2 aromatic heterocycles. The van der Waals surface area contributed by atoms with Gasteiger partial charge in [-0.2, -0.15) is 5.10 Å². The second kappa shape index (κ2) is 7.48. The molecule has 1 unspecified atom stereocenters. The number of pyridine rings is 1. The van der Waals surface area contributed by atoms with Gasteiger partial charge in [0.25, 0.3) is 0 Å². The minimum Gasteiger partial charge on any atom is -0.451 e. The molecule has 0 saturated heterocycles. The van der Waals surface area contributed by atoms with Gasteiger partial charge in [-0.05, 0) is 58.0 Å². The van der Waals surface area contributed by atoms with Gasteiger partial charge in [0.05, 0.1) is 17.1 Å². The quantitative estimate of drug-likeness (QED) is 0.480. The van der Waals surface area contributed by atoms with Gasteiger partial charge < -0.3 is 4.74 Å². The summed E-state index contributed by atoms with van der Waals surface area (Å²) in [7, 11) is 0. The normalized spacial score (nSPS) is 12.4. The first-order valence-electron chi connectivity index (χ1n) is 8.63. The van der Waals surface area contributed by atoms with Crippen molar-refractivity contribution in [2.45, 2.75) is 39.8 Å². The van der Waals surface area contributed by atoms with E-state index in [-0.39, 0.29) is 11.8 Å². The molecule has 0 fully saturated rings. The number of nitrogens with zero attached hydrogens (tertiary/aromatic N) is 3. The maximum Gasteiger partial charge on any atom is 0.339 e. The Hall–Kier alpha value is -2.73. The van der Waals surface area contributed by atoms with E-state index in [1.54, 1.807) is 55.1 Å². The van der Waals surface area contributed by atoms with Crippen LogP contribution in [-0.4, -0.2) is 32.6 Å². The number of hydrogen-bond donors (Lipinski definition) is 0. The summed E-state index contributed by atoms with van der Waals surface area (Å²) in [6, 6.07) is 8.22. The third-order valence-electron chi connectivity index (χ3n) is 4.19. The third-order valence-corrected chi connectivity index (χ3v) is 4.44. The molecule has 3 aromatic rings. The minimum absolute atomic E-state index is 0.103. The highest BCUT2D eigenvalue weighted by atomic mass is 35.5. The molecule has 0 aliphatic carbocycles. The number of rotatable bonds is 5. The lowest BCUT2D eigenvalue weighted by Crippen LogP contribution is -2.24. The zero-order valence-electron chi connectivity index (χ0n) is 15.6. The van der Waals surface area contributed by atoms with E-state index >= 15 is 0 Å². The van der Waals surface area contributed by atoms with Crippen LogP contribution in [0.15, 0.2) is 36.5 Å². The SMILES string of the molecule is Cc1cc(C(=O)OC(C)C(=O)c2ccc(Cl)cc2)c2cnn(C(C)C)c2n1. The highest BCUT2D eigenvalue weighted by Gasteiger charge is 2.23. The molecule has 0 aliphatic heterocycles. The Balaban J connectivity index is 1.87. The van der Waals surface area contributed by atoms with Crippen LogP contribution in [0.2, 0.25) is 5.02 Å². The molecule has 0 aliphatic rings. The van der Waals surface area contributed by atoms with E-state index in [0.29, 0.717) is 32.9 Å². The smallest absolute Gasteiger partial charge is 0.339 e. The number of fused-ring (bicyclic) bond motifs is 1. The summed E-state index contributed by atoms with van der Waals surface area (Å²) in [4.78, 5) is 29.7. The molecular weight excluding hydrogens is 366 g/mol. The van der Waals surface area contributed by atoms with E-state index in [0.717, 1.165) is 0 Å². The summed E-state index contributed by atoms with van der Waals surface area (Å²) < 4.78 is 7.18. The summed E-state index contributed by atoms with van der Waals surface area (Å²) in [5, 5.41) is 5.45. The zero-order chi connectivity index (χ0) is 19.7. The summed E-state index contributed by atoms with van der Waals surface area (Å²) in [5.74, 6) is -0.872. The lowest BCUT2D eigenvalue weighted by molar-refractivity contribution is 0.0320. The number of aromatic nitrogens is 3. The topological polar surface area (TPSA) is 74.1 Å². The molecule has 7 heteroatoms. The summed E-state index contributed by atoms with van der Waals surface area (Å²) in [6.07, 6.45) is 0.673. The van der Waals surface area contributed by atoms with Crippen molar-refractivity contribution in [1.82, 2.24) is 14.8 Å². The lowest BCUT2D eigenvalue weighted by Gasteiger charge is -2.13. The van der Waals surface area contributed by atoms with Crippen LogP contribution in [0.1, 0.15) is 53.2 Å². The van der Waals surface area contributed by atoms with Crippen LogP contribution in [-0.2, 0) is 4.74 Å². The predicted molar refractivity (Wildman–Crippen MR) is 103 cm³/mol. The van der Waals surface area contributed by atoms with E-state index in [2.05, 4.69) is 10.1 Å². The maximum absolute atomic E-state index is 12.7. The van der Waals surface area contributed by atoms with Gasteiger partial charge in [-0.1, -0.05) is 11.6 Å². The number of aryl methyl sites for hydroxylation is 1. The Morgan fingerprint density at radius 1 is 1.15 bits per heavy atom. The van der Waals surface area contributed by atoms with Crippen LogP contribution in [0, 0.1) is 6.92 Å². The van der Waals surface area contributed by atoms with E-state index in [1.807, 2.05) is 13.8 Å². The number of Topliss-reactive ketones (excluding diaryl/α,β-unsaturated/α-hetero) is 1. The van der Waals surface area contributed by atoms with Gasteiger partial charge in [-0.15, -0.1) is 0 Å². The van der Waals surface area contributed by atoms with Gasteiger partial charge in [0, 0.05) is 22.3 Å². The Morgan fingerprint density at radius 2 is 1.81 bits per heavy atom. The van der Waals surface area contributed by atoms with Gasteiger partial charge in [0.1, 0.15) is 0 Å². The molecule has 27 heavy (non-hydrogen) atoms. The Labute approximate surface area is 162 Å². The Kier molecular flexibility index (Phi) is 5.28. The highest BCUT2D eigenvalue weighted by molar-refractivity contribution is 6.30.